The molecule has 2 aromatic carbocycles. The highest BCUT2D eigenvalue weighted by Crippen LogP contribution is 2.26. The minimum absolute atomic E-state index is 0.00543. The summed E-state index contributed by atoms with van der Waals surface area (Å²) >= 11 is 0. The first kappa shape index (κ1) is 12.3. The molecule has 1 atom stereocenters. The molecular formula is C15H14O3. The quantitative estimate of drug-likeness (QED) is 0.810. The van der Waals surface area contributed by atoms with E-state index in [-0.39, 0.29) is 18.0 Å². The topological polar surface area (TPSA) is 57.5 Å². The molecule has 18 heavy (non-hydrogen) atoms. The fraction of sp³-hybridized carbons (Fsp3) is 0.133. The lowest BCUT2D eigenvalue weighted by molar-refractivity contribution is 0.0877. The Labute approximate surface area is 105 Å². The first-order valence-electron chi connectivity index (χ1n) is 5.72. The molecule has 1 unspecified atom stereocenters. The summed E-state index contributed by atoms with van der Waals surface area (Å²) in [6.07, 6.45) is -1.03. The van der Waals surface area contributed by atoms with Gasteiger partial charge in [-0.05, 0) is 6.07 Å². The Balaban J connectivity index is 2.11. The third kappa shape index (κ3) is 2.76. The van der Waals surface area contributed by atoms with E-state index in [0.717, 1.165) is 0 Å². The highest BCUT2D eigenvalue weighted by Gasteiger charge is 2.16. The number of aliphatic hydroxyl groups excluding tert-OH is 1. The van der Waals surface area contributed by atoms with Gasteiger partial charge in [0.15, 0.2) is 5.78 Å². The second-order valence-corrected chi connectivity index (χ2v) is 4.07. The summed E-state index contributed by atoms with van der Waals surface area (Å²) in [4.78, 5) is 11.9. The summed E-state index contributed by atoms with van der Waals surface area (Å²) in [7, 11) is 0. The van der Waals surface area contributed by atoms with Crippen molar-refractivity contribution in [3.05, 3.63) is 65.7 Å². The first-order valence-corrected chi connectivity index (χ1v) is 5.72. The normalized spacial score (nSPS) is 12.1. The molecular weight excluding hydrogens is 228 g/mol. The number of rotatable bonds is 4. The number of Topliss-reactive ketones (excluding diaryl/α,β-unsaturated/α-hetero) is 1. The summed E-state index contributed by atoms with van der Waals surface area (Å²) in [6, 6.07) is 15.3. The average Bonchev–Trinajstić information content (AvgIpc) is 2.40. The molecule has 0 saturated carbocycles. The number of carbonyl (C=O) groups excluding carboxylic acids is 1. The minimum Gasteiger partial charge on any atom is -0.508 e. The molecule has 2 aromatic rings. The van der Waals surface area contributed by atoms with Gasteiger partial charge < -0.3 is 10.2 Å². The van der Waals surface area contributed by atoms with E-state index >= 15 is 0 Å². The van der Waals surface area contributed by atoms with Crippen molar-refractivity contribution in [2.75, 3.05) is 0 Å². The van der Waals surface area contributed by atoms with Gasteiger partial charge in [0.2, 0.25) is 0 Å². The van der Waals surface area contributed by atoms with Crippen molar-refractivity contribution in [1.82, 2.24) is 0 Å². The van der Waals surface area contributed by atoms with Crippen LogP contribution in [0.4, 0.5) is 0 Å². The van der Waals surface area contributed by atoms with Gasteiger partial charge in [-0.15, -0.1) is 0 Å². The number of phenolic OH excluding ortho intramolecular Hbond substituents is 1. The lowest BCUT2D eigenvalue weighted by atomic mass is 10.00. The van der Waals surface area contributed by atoms with Crippen molar-refractivity contribution in [1.29, 1.82) is 0 Å². The van der Waals surface area contributed by atoms with Crippen molar-refractivity contribution < 1.29 is 15.0 Å². The van der Waals surface area contributed by atoms with Crippen molar-refractivity contribution in [2.45, 2.75) is 12.5 Å². The summed E-state index contributed by atoms with van der Waals surface area (Å²) < 4.78 is 0. The van der Waals surface area contributed by atoms with Crippen LogP contribution in [0.1, 0.15) is 28.4 Å². The van der Waals surface area contributed by atoms with Crippen LogP contribution in [0, 0.1) is 0 Å². The SMILES string of the molecule is O=C(CC(O)c1ccccc1O)c1ccccc1. The zero-order valence-electron chi connectivity index (χ0n) is 9.78. The molecule has 0 spiro atoms. The number of aliphatic hydroxyl groups is 1. The Morgan fingerprint density at radius 2 is 1.61 bits per heavy atom. The number of hydrogen-bond acceptors (Lipinski definition) is 3. The zero-order chi connectivity index (χ0) is 13.0. The molecule has 0 fully saturated rings. The maximum atomic E-state index is 11.9. The van der Waals surface area contributed by atoms with Crippen LogP contribution in [-0.4, -0.2) is 16.0 Å². The molecule has 0 saturated heterocycles. The Hall–Kier alpha value is -2.13. The molecule has 0 aliphatic heterocycles. The molecule has 0 radical (unpaired) electrons. The van der Waals surface area contributed by atoms with E-state index in [2.05, 4.69) is 0 Å². The molecule has 2 N–H and O–H groups in total. The molecule has 92 valence electrons. The molecule has 0 aromatic heterocycles. The number of phenols is 1. The van der Waals surface area contributed by atoms with Gasteiger partial charge in [0, 0.05) is 17.5 Å². The van der Waals surface area contributed by atoms with E-state index in [1.165, 1.54) is 6.07 Å². The second kappa shape index (κ2) is 5.47. The maximum absolute atomic E-state index is 11.9. The summed E-state index contributed by atoms with van der Waals surface area (Å²) in [5.74, 6) is -0.141. The third-order valence-corrected chi connectivity index (χ3v) is 2.77. The van der Waals surface area contributed by atoms with Gasteiger partial charge in [-0.1, -0.05) is 48.5 Å². The van der Waals surface area contributed by atoms with E-state index < -0.39 is 6.10 Å². The predicted molar refractivity (Wildman–Crippen MR) is 68.5 cm³/mol. The summed E-state index contributed by atoms with van der Waals surface area (Å²) in [5.41, 5.74) is 0.939. The van der Waals surface area contributed by atoms with Crippen LogP contribution in [0.5, 0.6) is 5.75 Å². The molecule has 2 rings (SSSR count). The van der Waals surface area contributed by atoms with E-state index in [9.17, 15) is 15.0 Å². The van der Waals surface area contributed by atoms with E-state index in [4.69, 9.17) is 0 Å². The molecule has 3 heteroatoms. The average molecular weight is 242 g/mol. The van der Waals surface area contributed by atoms with E-state index in [1.807, 2.05) is 6.07 Å². The number of ketones is 1. The van der Waals surface area contributed by atoms with Crippen molar-refractivity contribution in [3.8, 4) is 5.75 Å². The number of aromatic hydroxyl groups is 1. The minimum atomic E-state index is -0.987. The second-order valence-electron chi connectivity index (χ2n) is 4.07. The fourth-order valence-corrected chi connectivity index (χ4v) is 1.80. The molecule has 0 aliphatic carbocycles. The maximum Gasteiger partial charge on any atom is 0.165 e. The molecule has 0 bridgehead atoms. The first-order chi connectivity index (χ1) is 8.68. The fourth-order valence-electron chi connectivity index (χ4n) is 1.80. The van der Waals surface area contributed by atoms with Crippen molar-refractivity contribution in [3.63, 3.8) is 0 Å². The van der Waals surface area contributed by atoms with E-state index in [0.29, 0.717) is 11.1 Å². The van der Waals surface area contributed by atoms with Gasteiger partial charge in [-0.3, -0.25) is 4.79 Å². The van der Waals surface area contributed by atoms with Gasteiger partial charge in [-0.25, -0.2) is 0 Å². The number of para-hydroxylation sites is 1. The number of hydrogen-bond donors (Lipinski definition) is 2. The monoisotopic (exact) mass is 242 g/mol. The van der Waals surface area contributed by atoms with Gasteiger partial charge in [0.25, 0.3) is 0 Å². The van der Waals surface area contributed by atoms with Gasteiger partial charge in [0.1, 0.15) is 5.75 Å². The molecule has 0 aliphatic rings. The van der Waals surface area contributed by atoms with Gasteiger partial charge in [0.05, 0.1) is 6.10 Å². The lowest BCUT2D eigenvalue weighted by Gasteiger charge is -2.11. The Morgan fingerprint density at radius 1 is 1.00 bits per heavy atom. The van der Waals surface area contributed by atoms with Crippen LogP contribution < -0.4 is 0 Å². The number of carbonyl (C=O) groups is 1. The van der Waals surface area contributed by atoms with Crippen LogP contribution in [0.25, 0.3) is 0 Å². The van der Waals surface area contributed by atoms with E-state index in [1.54, 1.807) is 42.5 Å². The summed E-state index contributed by atoms with van der Waals surface area (Å²) in [6.45, 7) is 0. The zero-order valence-corrected chi connectivity index (χ0v) is 9.78. The van der Waals surface area contributed by atoms with Crippen molar-refractivity contribution in [2.24, 2.45) is 0 Å². The van der Waals surface area contributed by atoms with Crippen LogP contribution in [0.3, 0.4) is 0 Å². The Kier molecular flexibility index (Phi) is 3.75. The predicted octanol–water partition coefficient (Wildman–Crippen LogP) is 2.70. The summed E-state index contributed by atoms with van der Waals surface area (Å²) in [5, 5.41) is 19.5. The van der Waals surface area contributed by atoms with Crippen LogP contribution in [0.15, 0.2) is 54.6 Å². The number of benzene rings is 2. The Morgan fingerprint density at radius 3 is 2.28 bits per heavy atom. The standard InChI is InChI=1S/C15H14O3/c16-13-9-5-4-8-12(13)15(18)10-14(17)11-6-2-1-3-7-11/h1-9,15-16,18H,10H2. The third-order valence-electron chi connectivity index (χ3n) is 2.77. The van der Waals surface area contributed by atoms with Gasteiger partial charge >= 0.3 is 0 Å². The Bertz CT molecular complexity index is 534. The van der Waals surface area contributed by atoms with Crippen LogP contribution in [-0.2, 0) is 0 Å². The van der Waals surface area contributed by atoms with Crippen LogP contribution in [0.2, 0.25) is 0 Å². The van der Waals surface area contributed by atoms with Crippen LogP contribution >= 0.6 is 0 Å². The van der Waals surface area contributed by atoms with Gasteiger partial charge in [-0.2, -0.15) is 0 Å². The lowest BCUT2D eigenvalue weighted by Crippen LogP contribution is -2.07. The molecule has 3 nitrogen and oxygen atoms in total. The highest BCUT2D eigenvalue weighted by molar-refractivity contribution is 5.96. The molecule has 0 heterocycles. The van der Waals surface area contributed by atoms with Crippen molar-refractivity contribution >= 4 is 5.78 Å². The largest absolute Gasteiger partial charge is 0.508 e. The molecule has 0 amide bonds. The smallest absolute Gasteiger partial charge is 0.165 e. The highest BCUT2D eigenvalue weighted by atomic mass is 16.3.